The summed E-state index contributed by atoms with van der Waals surface area (Å²) in [4.78, 5) is 11.5. The normalized spacial score (nSPS) is 11.9. The Kier molecular flexibility index (Phi) is 4.07. The summed E-state index contributed by atoms with van der Waals surface area (Å²) in [6, 6.07) is 13.9. The Hall–Kier alpha value is -2.00. The van der Waals surface area contributed by atoms with E-state index in [2.05, 4.69) is 0 Å². The first-order valence-electron chi connectivity index (χ1n) is 5.74. The standard InChI is InChI=1S/C15H13ClO3/c1-19-13-4-2-3-11(9-13)14(15(17)18)10-5-7-12(16)8-6-10/h2-9,14H,1H3,(H,17,18). The first-order chi connectivity index (χ1) is 9.11. The highest BCUT2D eigenvalue weighted by atomic mass is 35.5. The van der Waals surface area contributed by atoms with Crippen molar-refractivity contribution in [3.63, 3.8) is 0 Å². The molecule has 0 saturated carbocycles. The Bertz CT molecular complexity index is 578. The summed E-state index contributed by atoms with van der Waals surface area (Å²) in [7, 11) is 1.55. The van der Waals surface area contributed by atoms with Gasteiger partial charge in [0.1, 0.15) is 11.7 Å². The van der Waals surface area contributed by atoms with Crippen LogP contribution in [0, 0.1) is 0 Å². The van der Waals surface area contributed by atoms with E-state index in [0.717, 1.165) is 0 Å². The van der Waals surface area contributed by atoms with E-state index >= 15 is 0 Å². The van der Waals surface area contributed by atoms with Crippen LogP contribution in [0.3, 0.4) is 0 Å². The molecule has 0 radical (unpaired) electrons. The van der Waals surface area contributed by atoms with E-state index in [1.54, 1.807) is 55.6 Å². The number of aliphatic carboxylic acids is 1. The van der Waals surface area contributed by atoms with Crippen molar-refractivity contribution in [1.82, 2.24) is 0 Å². The second kappa shape index (κ2) is 5.76. The number of ether oxygens (including phenoxy) is 1. The van der Waals surface area contributed by atoms with Gasteiger partial charge in [0, 0.05) is 5.02 Å². The highest BCUT2D eigenvalue weighted by molar-refractivity contribution is 6.30. The molecule has 1 N–H and O–H groups in total. The minimum atomic E-state index is -0.907. The number of carboxylic acid groups (broad SMARTS) is 1. The van der Waals surface area contributed by atoms with Gasteiger partial charge >= 0.3 is 5.97 Å². The van der Waals surface area contributed by atoms with Crippen LogP contribution in [0.1, 0.15) is 17.0 Å². The van der Waals surface area contributed by atoms with Crippen molar-refractivity contribution in [2.75, 3.05) is 7.11 Å². The fourth-order valence-corrected chi connectivity index (χ4v) is 2.08. The number of methoxy groups -OCH3 is 1. The van der Waals surface area contributed by atoms with Gasteiger partial charge in [-0.1, -0.05) is 35.9 Å². The molecule has 2 aromatic carbocycles. The summed E-state index contributed by atoms with van der Waals surface area (Å²) >= 11 is 5.82. The summed E-state index contributed by atoms with van der Waals surface area (Å²) in [6.07, 6.45) is 0. The Labute approximate surface area is 116 Å². The van der Waals surface area contributed by atoms with Gasteiger partial charge in [-0.05, 0) is 35.4 Å². The van der Waals surface area contributed by atoms with Crippen LogP contribution in [-0.4, -0.2) is 18.2 Å². The van der Waals surface area contributed by atoms with Crippen molar-refractivity contribution < 1.29 is 14.6 Å². The quantitative estimate of drug-likeness (QED) is 0.929. The third-order valence-corrected chi connectivity index (χ3v) is 3.13. The molecule has 4 heteroatoms. The molecule has 0 spiro atoms. The van der Waals surface area contributed by atoms with Crippen LogP contribution in [0.15, 0.2) is 48.5 Å². The van der Waals surface area contributed by atoms with Crippen LogP contribution >= 0.6 is 11.6 Å². The molecule has 0 aromatic heterocycles. The van der Waals surface area contributed by atoms with Gasteiger partial charge in [-0.3, -0.25) is 4.79 Å². The Morgan fingerprint density at radius 2 is 1.84 bits per heavy atom. The molecule has 2 rings (SSSR count). The lowest BCUT2D eigenvalue weighted by atomic mass is 9.91. The average Bonchev–Trinajstić information content (AvgIpc) is 2.41. The van der Waals surface area contributed by atoms with E-state index in [1.165, 1.54) is 0 Å². The van der Waals surface area contributed by atoms with Crippen molar-refractivity contribution in [3.8, 4) is 5.75 Å². The first-order valence-corrected chi connectivity index (χ1v) is 6.12. The largest absolute Gasteiger partial charge is 0.497 e. The molecule has 98 valence electrons. The van der Waals surface area contributed by atoms with Gasteiger partial charge in [0.05, 0.1) is 7.11 Å². The molecule has 3 nitrogen and oxygen atoms in total. The van der Waals surface area contributed by atoms with Crippen molar-refractivity contribution in [1.29, 1.82) is 0 Å². The molecule has 0 aliphatic heterocycles. The van der Waals surface area contributed by atoms with Crippen LogP contribution in [-0.2, 0) is 4.79 Å². The van der Waals surface area contributed by atoms with Gasteiger partial charge in [0.2, 0.25) is 0 Å². The number of carbonyl (C=O) groups is 1. The lowest BCUT2D eigenvalue weighted by Gasteiger charge is -2.14. The molecule has 19 heavy (non-hydrogen) atoms. The molecule has 1 atom stereocenters. The highest BCUT2D eigenvalue weighted by Crippen LogP contribution is 2.28. The molecular weight excluding hydrogens is 264 g/mol. The fourth-order valence-electron chi connectivity index (χ4n) is 1.95. The Morgan fingerprint density at radius 3 is 2.42 bits per heavy atom. The zero-order valence-electron chi connectivity index (χ0n) is 10.3. The van der Waals surface area contributed by atoms with Crippen molar-refractivity contribution in [3.05, 3.63) is 64.7 Å². The number of halogens is 1. The molecule has 2 aromatic rings. The van der Waals surface area contributed by atoms with Gasteiger partial charge in [0.25, 0.3) is 0 Å². The highest BCUT2D eigenvalue weighted by Gasteiger charge is 2.22. The molecule has 0 saturated heterocycles. The van der Waals surface area contributed by atoms with Gasteiger partial charge in [-0.2, -0.15) is 0 Å². The summed E-state index contributed by atoms with van der Waals surface area (Å²) in [5.74, 6) is -0.999. The maximum absolute atomic E-state index is 11.5. The van der Waals surface area contributed by atoms with Gasteiger partial charge in [0.15, 0.2) is 0 Å². The van der Waals surface area contributed by atoms with E-state index in [9.17, 15) is 9.90 Å². The maximum Gasteiger partial charge on any atom is 0.315 e. The summed E-state index contributed by atoms with van der Waals surface area (Å²) in [6.45, 7) is 0. The minimum absolute atomic E-state index is 0.582. The number of rotatable bonds is 4. The van der Waals surface area contributed by atoms with Crippen LogP contribution < -0.4 is 4.74 Å². The Morgan fingerprint density at radius 1 is 1.16 bits per heavy atom. The van der Waals surface area contributed by atoms with Crippen LogP contribution in [0.2, 0.25) is 5.02 Å². The zero-order valence-corrected chi connectivity index (χ0v) is 11.1. The number of hydrogen-bond acceptors (Lipinski definition) is 2. The summed E-state index contributed by atoms with van der Waals surface area (Å²) < 4.78 is 5.13. The topological polar surface area (TPSA) is 46.5 Å². The first kappa shape index (κ1) is 13.4. The third kappa shape index (κ3) is 3.06. The van der Waals surface area contributed by atoms with E-state index < -0.39 is 11.9 Å². The van der Waals surface area contributed by atoms with Gasteiger partial charge < -0.3 is 9.84 Å². The van der Waals surface area contributed by atoms with Gasteiger partial charge in [-0.25, -0.2) is 0 Å². The average molecular weight is 277 g/mol. The molecule has 0 fully saturated rings. The molecule has 1 unspecified atom stereocenters. The molecule has 0 heterocycles. The number of hydrogen-bond donors (Lipinski definition) is 1. The number of benzene rings is 2. The lowest BCUT2D eigenvalue weighted by molar-refractivity contribution is -0.137. The lowest BCUT2D eigenvalue weighted by Crippen LogP contribution is -2.13. The smallest absolute Gasteiger partial charge is 0.315 e. The van der Waals surface area contributed by atoms with E-state index in [4.69, 9.17) is 16.3 Å². The fraction of sp³-hybridized carbons (Fsp3) is 0.133. The predicted octanol–water partition coefficient (Wildman–Crippen LogP) is 3.57. The van der Waals surface area contributed by atoms with E-state index in [1.807, 2.05) is 0 Å². The monoisotopic (exact) mass is 276 g/mol. The van der Waals surface area contributed by atoms with E-state index in [0.29, 0.717) is 21.9 Å². The van der Waals surface area contributed by atoms with Crippen molar-refractivity contribution in [2.45, 2.75) is 5.92 Å². The molecule has 0 aliphatic carbocycles. The predicted molar refractivity (Wildman–Crippen MR) is 73.9 cm³/mol. The minimum Gasteiger partial charge on any atom is -0.497 e. The second-order valence-electron chi connectivity index (χ2n) is 4.10. The summed E-state index contributed by atoms with van der Waals surface area (Å²) in [5, 5.41) is 10.0. The van der Waals surface area contributed by atoms with Crippen molar-refractivity contribution in [2.24, 2.45) is 0 Å². The zero-order chi connectivity index (χ0) is 13.8. The van der Waals surface area contributed by atoms with Crippen LogP contribution in [0.25, 0.3) is 0 Å². The SMILES string of the molecule is COc1cccc(C(C(=O)O)c2ccc(Cl)cc2)c1. The van der Waals surface area contributed by atoms with Crippen molar-refractivity contribution >= 4 is 17.6 Å². The summed E-state index contributed by atoms with van der Waals surface area (Å²) in [5.41, 5.74) is 1.36. The van der Waals surface area contributed by atoms with Crippen LogP contribution in [0.5, 0.6) is 5.75 Å². The molecule has 0 amide bonds. The molecular formula is C15H13ClO3. The molecule has 0 aliphatic rings. The van der Waals surface area contributed by atoms with Crippen LogP contribution in [0.4, 0.5) is 0 Å². The third-order valence-electron chi connectivity index (χ3n) is 2.88. The second-order valence-corrected chi connectivity index (χ2v) is 4.54. The number of carboxylic acids is 1. The Balaban J connectivity index is 2.45. The van der Waals surface area contributed by atoms with E-state index in [-0.39, 0.29) is 0 Å². The van der Waals surface area contributed by atoms with Gasteiger partial charge in [-0.15, -0.1) is 0 Å². The maximum atomic E-state index is 11.5. The molecule has 0 bridgehead atoms.